The van der Waals surface area contributed by atoms with E-state index in [0.717, 1.165) is 64.2 Å². The minimum Gasteiger partial charge on any atom is -0.748 e. The first kappa shape index (κ1) is 24.8. The summed E-state index contributed by atoms with van der Waals surface area (Å²) in [6.45, 7) is 2.35. The molecular weight excluding hydrogens is 315 g/mol. The second-order valence-corrected chi connectivity index (χ2v) is 7.25. The number of aliphatic hydroxyl groups is 1. The molecule has 0 saturated carbocycles. The van der Waals surface area contributed by atoms with Crippen LogP contribution in [0.1, 0.15) is 84.0 Å². The van der Waals surface area contributed by atoms with Crippen LogP contribution >= 0.6 is 0 Å². The van der Waals surface area contributed by atoms with Gasteiger partial charge >= 0.3 is 51.4 Å². The molecule has 0 rings (SSSR count). The topological polar surface area (TPSA) is 77.4 Å². The first-order chi connectivity index (χ1) is 9.52. The molecule has 1 atom stereocenters. The van der Waals surface area contributed by atoms with Crippen molar-refractivity contribution in [3.05, 3.63) is 0 Å². The number of hydrogen-bond acceptors (Lipinski definition) is 4. The first-order valence-electron chi connectivity index (χ1n) is 8.08. The maximum absolute atomic E-state index is 11.2. The molecule has 0 saturated heterocycles. The molecule has 0 amide bonds. The van der Waals surface area contributed by atoms with Crippen LogP contribution in [0.25, 0.3) is 0 Å². The van der Waals surface area contributed by atoms with E-state index in [-0.39, 0.29) is 58.0 Å². The van der Waals surface area contributed by atoms with Crippen LogP contribution in [0.15, 0.2) is 0 Å². The number of hydrogen-bond donors (Lipinski definition) is 1. The molecule has 6 heteroatoms. The molecule has 21 heavy (non-hydrogen) atoms. The van der Waals surface area contributed by atoms with E-state index in [4.69, 9.17) is 5.11 Å². The molecule has 4 nitrogen and oxygen atoms in total. The number of rotatable bonds is 14. The van der Waals surface area contributed by atoms with Gasteiger partial charge in [0.05, 0.1) is 10.1 Å². The fourth-order valence-corrected chi connectivity index (χ4v) is 3.33. The third kappa shape index (κ3) is 16.2. The van der Waals surface area contributed by atoms with Crippen molar-refractivity contribution in [1.29, 1.82) is 0 Å². The predicted molar refractivity (Wildman–Crippen MR) is 81.6 cm³/mol. The van der Waals surface area contributed by atoms with Gasteiger partial charge in [0.25, 0.3) is 0 Å². The summed E-state index contributed by atoms with van der Waals surface area (Å²) in [6.07, 6.45) is 10.9. The summed E-state index contributed by atoms with van der Waals surface area (Å²) >= 11 is 0. The van der Waals surface area contributed by atoms with Gasteiger partial charge in [-0.1, -0.05) is 64.7 Å². The summed E-state index contributed by atoms with van der Waals surface area (Å²) in [5, 5.41) is 7.97. The summed E-state index contributed by atoms with van der Waals surface area (Å²) in [4.78, 5) is 0. The van der Waals surface area contributed by atoms with Gasteiger partial charge in [0, 0.05) is 11.9 Å². The quantitative estimate of drug-likeness (QED) is 0.284. The molecule has 0 aliphatic rings. The second kappa shape index (κ2) is 16.4. The van der Waals surface area contributed by atoms with Crippen LogP contribution in [0.5, 0.6) is 0 Å². The second-order valence-electron chi connectivity index (χ2n) is 5.60. The Morgan fingerprint density at radius 1 is 0.857 bits per heavy atom. The molecule has 0 aliphatic carbocycles. The van der Waals surface area contributed by atoms with Crippen molar-refractivity contribution in [1.82, 2.24) is 0 Å². The average Bonchev–Trinajstić information content (AvgIpc) is 2.38. The smallest absolute Gasteiger partial charge is 0.748 e. The molecule has 0 spiro atoms. The predicted octanol–water partition coefficient (Wildman–Crippen LogP) is 0.598. The minimum atomic E-state index is -4.14. The van der Waals surface area contributed by atoms with Crippen LogP contribution in [0.3, 0.4) is 0 Å². The summed E-state index contributed by atoms with van der Waals surface area (Å²) in [5.74, 6) is 0. The summed E-state index contributed by atoms with van der Waals surface area (Å²) in [7, 11) is -4.14. The van der Waals surface area contributed by atoms with Crippen LogP contribution in [-0.4, -0.2) is 29.9 Å². The van der Waals surface area contributed by atoms with E-state index >= 15 is 0 Å². The average molecular weight is 347 g/mol. The van der Waals surface area contributed by atoms with Crippen molar-refractivity contribution in [3.8, 4) is 0 Å². The number of unbranched alkanes of at least 4 members (excludes halogenated alkanes) is 8. The molecule has 0 aromatic rings. The Kier molecular flexibility index (Phi) is 19.3. The zero-order valence-electron chi connectivity index (χ0n) is 13.8. The van der Waals surface area contributed by atoms with Gasteiger partial charge in [0.2, 0.25) is 0 Å². The fraction of sp³-hybridized carbons (Fsp3) is 1.00. The van der Waals surface area contributed by atoms with E-state index in [9.17, 15) is 13.0 Å². The van der Waals surface area contributed by atoms with Crippen LogP contribution in [-0.2, 0) is 10.1 Å². The van der Waals surface area contributed by atoms with Gasteiger partial charge in [-0.05, 0) is 19.3 Å². The summed E-state index contributed by atoms with van der Waals surface area (Å²) < 4.78 is 33.7. The van der Waals surface area contributed by atoms with Gasteiger partial charge in [-0.25, -0.2) is 8.42 Å². The van der Waals surface area contributed by atoms with Crippen molar-refractivity contribution >= 4 is 10.1 Å². The summed E-state index contributed by atoms with van der Waals surface area (Å²) in [6, 6.07) is 0. The van der Waals surface area contributed by atoms with Gasteiger partial charge in [-0.15, -0.1) is 0 Å². The van der Waals surface area contributed by atoms with Crippen molar-refractivity contribution in [2.45, 2.75) is 89.2 Å². The largest absolute Gasteiger partial charge is 1.00 e. The Morgan fingerprint density at radius 3 is 1.71 bits per heavy atom. The molecule has 0 aromatic heterocycles. The molecule has 0 bridgehead atoms. The van der Waals surface area contributed by atoms with E-state index in [1.54, 1.807) is 0 Å². The first-order valence-corrected chi connectivity index (χ1v) is 9.55. The molecule has 0 fully saturated rings. The molecule has 1 unspecified atom stereocenters. The monoisotopic (exact) mass is 346 g/mol. The van der Waals surface area contributed by atoms with Gasteiger partial charge in [0.1, 0.15) is 0 Å². The Labute approximate surface area is 173 Å². The summed E-state index contributed by atoms with van der Waals surface area (Å²) in [5.41, 5.74) is 0. The fourth-order valence-electron chi connectivity index (χ4n) is 2.42. The van der Waals surface area contributed by atoms with E-state index in [1.807, 2.05) is 0 Å². The van der Waals surface area contributed by atoms with Crippen molar-refractivity contribution < 1.29 is 69.5 Å². The van der Waals surface area contributed by atoms with Crippen molar-refractivity contribution in [2.24, 2.45) is 0 Å². The van der Waals surface area contributed by atoms with Gasteiger partial charge in [-0.3, -0.25) is 0 Å². The Bertz CT molecular complexity index is 307. The zero-order chi connectivity index (χ0) is 15.3. The Balaban J connectivity index is 0. The van der Waals surface area contributed by atoms with E-state index in [1.165, 1.54) is 0 Å². The molecule has 0 aliphatic heterocycles. The molecule has 1 N–H and O–H groups in total. The maximum Gasteiger partial charge on any atom is 1.00 e. The van der Waals surface area contributed by atoms with Gasteiger partial charge in [0.15, 0.2) is 0 Å². The van der Waals surface area contributed by atoms with Gasteiger partial charge in [-0.2, -0.15) is 0 Å². The normalized spacial score (nSPS) is 12.9. The van der Waals surface area contributed by atoms with Crippen molar-refractivity contribution in [3.63, 3.8) is 0 Å². The molecule has 122 valence electrons. The van der Waals surface area contributed by atoms with Gasteiger partial charge < -0.3 is 9.66 Å². The molecule has 0 heterocycles. The Hall–Kier alpha value is 1.51. The third-order valence-electron chi connectivity index (χ3n) is 3.72. The van der Waals surface area contributed by atoms with Crippen LogP contribution in [0.2, 0.25) is 0 Å². The Morgan fingerprint density at radius 2 is 1.29 bits per heavy atom. The molecule has 0 aromatic carbocycles. The maximum atomic E-state index is 11.2. The molecular formula is C15H31KO4S. The van der Waals surface area contributed by atoms with Crippen LogP contribution in [0.4, 0.5) is 0 Å². The molecule has 0 radical (unpaired) electrons. The van der Waals surface area contributed by atoms with Crippen LogP contribution in [0, 0.1) is 0 Å². The van der Waals surface area contributed by atoms with Crippen molar-refractivity contribution in [2.75, 3.05) is 6.61 Å². The van der Waals surface area contributed by atoms with E-state index in [2.05, 4.69) is 6.92 Å². The standard InChI is InChI=1S/C15H32O4S.K/c1-2-3-4-9-12-15(20(17,18)19)13-10-7-5-6-8-11-14-16;/h15-16H,2-14H2,1H3,(H,17,18,19);/q;+1/p-1. The van der Waals surface area contributed by atoms with E-state index in [0.29, 0.717) is 12.8 Å². The minimum absolute atomic E-state index is 0. The van der Waals surface area contributed by atoms with Crippen LogP contribution < -0.4 is 51.4 Å². The van der Waals surface area contributed by atoms with E-state index < -0.39 is 15.4 Å². The SMILES string of the molecule is CCCCCCC(CCCCCCCCO)S(=O)(=O)[O-].[K+]. The zero-order valence-corrected chi connectivity index (χ0v) is 17.8. The number of aliphatic hydroxyl groups excluding tert-OH is 1. The third-order valence-corrected chi connectivity index (χ3v) is 5.01.